The third-order valence-electron chi connectivity index (χ3n) is 3.14. The second-order valence-electron chi connectivity index (χ2n) is 4.49. The highest BCUT2D eigenvalue weighted by Gasteiger charge is 2.16. The molecule has 2 heterocycles. The molecule has 0 radical (unpaired) electrons. The molecule has 0 aliphatic heterocycles. The van der Waals surface area contributed by atoms with Gasteiger partial charge < -0.3 is 9.30 Å². The van der Waals surface area contributed by atoms with E-state index in [1.165, 1.54) is 4.88 Å². The summed E-state index contributed by atoms with van der Waals surface area (Å²) in [6, 6.07) is 5.89. The molecule has 0 fully saturated rings. The molecule has 0 aliphatic carbocycles. The molecule has 1 atom stereocenters. The Hall–Kier alpha value is -1.59. The molecule has 0 spiro atoms. The zero-order chi connectivity index (χ0) is 14.1. The minimum atomic E-state index is -0.152. The van der Waals surface area contributed by atoms with E-state index in [2.05, 4.69) is 14.5 Å². The molecule has 0 bridgehead atoms. The number of aromatic nitrogens is 3. The van der Waals surface area contributed by atoms with Crippen molar-refractivity contribution in [2.24, 2.45) is 0 Å². The molecule has 20 heavy (non-hydrogen) atoms. The highest BCUT2D eigenvalue weighted by atomic mass is 35.5. The van der Waals surface area contributed by atoms with Gasteiger partial charge in [0, 0.05) is 17.1 Å². The molecular weight excluding hydrogens is 294 g/mol. The van der Waals surface area contributed by atoms with E-state index in [0.717, 1.165) is 29.2 Å². The molecule has 0 saturated carbocycles. The van der Waals surface area contributed by atoms with Gasteiger partial charge in [-0.2, -0.15) is 0 Å². The maximum Gasteiger partial charge on any atom is 0.128 e. The number of methoxy groups -OCH3 is 1. The number of ether oxygens (including phenoxy) is 1. The standard InChI is InChI=1S/C14H14ClN3OS/c1-9(15)14-17-12-5-10(19-2)3-4-13(12)18(14)7-11-6-16-8-20-11/h3-6,8-9H,7H2,1-2H3. The summed E-state index contributed by atoms with van der Waals surface area (Å²) in [5.41, 5.74) is 3.79. The second-order valence-corrected chi connectivity index (χ2v) is 6.12. The number of fused-ring (bicyclic) bond motifs is 1. The van der Waals surface area contributed by atoms with Crippen LogP contribution in [-0.2, 0) is 6.54 Å². The smallest absolute Gasteiger partial charge is 0.128 e. The molecule has 2 aromatic heterocycles. The maximum absolute atomic E-state index is 6.27. The highest BCUT2D eigenvalue weighted by Crippen LogP contribution is 2.28. The number of alkyl halides is 1. The number of hydrogen-bond acceptors (Lipinski definition) is 4. The normalized spacial score (nSPS) is 12.8. The lowest BCUT2D eigenvalue weighted by molar-refractivity contribution is 0.415. The Bertz CT molecular complexity index is 721. The average molecular weight is 308 g/mol. The predicted octanol–water partition coefficient (Wildman–Crippen LogP) is 3.85. The molecule has 104 valence electrons. The van der Waals surface area contributed by atoms with Crippen LogP contribution in [0.25, 0.3) is 11.0 Å². The van der Waals surface area contributed by atoms with E-state index >= 15 is 0 Å². The van der Waals surface area contributed by atoms with Crippen LogP contribution >= 0.6 is 22.9 Å². The van der Waals surface area contributed by atoms with Crippen LogP contribution in [0, 0.1) is 0 Å². The van der Waals surface area contributed by atoms with Gasteiger partial charge in [-0.05, 0) is 19.1 Å². The second kappa shape index (κ2) is 5.42. The fourth-order valence-electron chi connectivity index (χ4n) is 2.20. The molecule has 4 nitrogen and oxygen atoms in total. The zero-order valence-corrected chi connectivity index (χ0v) is 12.8. The summed E-state index contributed by atoms with van der Waals surface area (Å²) in [5.74, 6) is 1.66. The van der Waals surface area contributed by atoms with Gasteiger partial charge in [0.15, 0.2) is 0 Å². The van der Waals surface area contributed by atoms with E-state index in [0.29, 0.717) is 0 Å². The van der Waals surface area contributed by atoms with Crippen LogP contribution in [0.4, 0.5) is 0 Å². The van der Waals surface area contributed by atoms with E-state index in [-0.39, 0.29) is 5.38 Å². The van der Waals surface area contributed by atoms with Crippen molar-refractivity contribution in [2.75, 3.05) is 7.11 Å². The van der Waals surface area contributed by atoms with Crippen molar-refractivity contribution in [3.05, 3.63) is 40.6 Å². The zero-order valence-electron chi connectivity index (χ0n) is 11.2. The fourth-order valence-corrected chi connectivity index (χ4v) is 2.95. The van der Waals surface area contributed by atoms with Crippen LogP contribution in [-0.4, -0.2) is 21.6 Å². The van der Waals surface area contributed by atoms with Gasteiger partial charge in [0.25, 0.3) is 0 Å². The number of hydrogen-bond donors (Lipinski definition) is 0. The van der Waals surface area contributed by atoms with Crippen molar-refractivity contribution in [1.29, 1.82) is 0 Å². The van der Waals surface area contributed by atoms with Gasteiger partial charge in [-0.25, -0.2) is 4.98 Å². The summed E-state index contributed by atoms with van der Waals surface area (Å²) < 4.78 is 7.39. The summed E-state index contributed by atoms with van der Waals surface area (Å²) in [7, 11) is 1.65. The van der Waals surface area contributed by atoms with Crippen molar-refractivity contribution in [3.8, 4) is 5.75 Å². The van der Waals surface area contributed by atoms with Gasteiger partial charge in [0.05, 0.1) is 35.6 Å². The molecule has 3 aromatic rings. The van der Waals surface area contributed by atoms with E-state index in [9.17, 15) is 0 Å². The van der Waals surface area contributed by atoms with Crippen molar-refractivity contribution in [2.45, 2.75) is 18.8 Å². The van der Waals surface area contributed by atoms with Crippen molar-refractivity contribution < 1.29 is 4.74 Å². The number of nitrogens with zero attached hydrogens (tertiary/aromatic N) is 3. The Labute approximate surface area is 126 Å². The molecule has 1 unspecified atom stereocenters. The Balaban J connectivity index is 2.14. The Morgan fingerprint density at radius 2 is 2.30 bits per heavy atom. The lowest BCUT2D eigenvalue weighted by Crippen LogP contribution is -2.04. The first-order valence-electron chi connectivity index (χ1n) is 6.24. The van der Waals surface area contributed by atoms with Crippen LogP contribution in [0.2, 0.25) is 0 Å². The molecular formula is C14H14ClN3OS. The monoisotopic (exact) mass is 307 g/mol. The van der Waals surface area contributed by atoms with E-state index in [4.69, 9.17) is 16.3 Å². The quantitative estimate of drug-likeness (QED) is 0.687. The summed E-state index contributed by atoms with van der Waals surface area (Å²) >= 11 is 7.90. The van der Waals surface area contributed by atoms with Crippen molar-refractivity contribution in [1.82, 2.24) is 14.5 Å². The van der Waals surface area contributed by atoms with E-state index in [1.807, 2.05) is 36.8 Å². The molecule has 3 rings (SSSR count). The van der Waals surface area contributed by atoms with Gasteiger partial charge >= 0.3 is 0 Å². The maximum atomic E-state index is 6.27. The van der Waals surface area contributed by atoms with Gasteiger partial charge in [-0.1, -0.05) is 0 Å². The Kier molecular flexibility index (Phi) is 3.63. The highest BCUT2D eigenvalue weighted by molar-refractivity contribution is 7.09. The third-order valence-corrected chi connectivity index (χ3v) is 4.10. The number of thiazole rings is 1. The lowest BCUT2D eigenvalue weighted by atomic mass is 10.3. The topological polar surface area (TPSA) is 39.9 Å². The summed E-state index contributed by atoms with van der Waals surface area (Å²) in [4.78, 5) is 9.93. The number of benzene rings is 1. The van der Waals surface area contributed by atoms with Gasteiger partial charge in [-0.3, -0.25) is 4.98 Å². The number of halogens is 1. The molecule has 0 aliphatic rings. The van der Waals surface area contributed by atoms with Crippen LogP contribution in [0.1, 0.15) is 23.0 Å². The SMILES string of the molecule is COc1ccc2c(c1)nc(C(C)Cl)n2Cc1cncs1. The molecule has 0 N–H and O–H groups in total. The van der Waals surface area contributed by atoms with Gasteiger partial charge in [-0.15, -0.1) is 22.9 Å². The third kappa shape index (κ3) is 2.39. The number of rotatable bonds is 4. The minimum absolute atomic E-state index is 0.152. The van der Waals surface area contributed by atoms with Crippen molar-refractivity contribution >= 4 is 34.0 Å². The van der Waals surface area contributed by atoms with Crippen LogP contribution in [0.15, 0.2) is 29.9 Å². The number of imidazole rings is 1. The summed E-state index contributed by atoms with van der Waals surface area (Å²) in [6.45, 7) is 2.67. The van der Waals surface area contributed by atoms with E-state index in [1.54, 1.807) is 18.4 Å². The fraction of sp³-hybridized carbons (Fsp3) is 0.286. The Morgan fingerprint density at radius 1 is 1.45 bits per heavy atom. The van der Waals surface area contributed by atoms with Crippen molar-refractivity contribution in [3.63, 3.8) is 0 Å². The van der Waals surface area contributed by atoms with Gasteiger partial charge in [0.1, 0.15) is 11.6 Å². The minimum Gasteiger partial charge on any atom is -0.497 e. The van der Waals surface area contributed by atoms with Crippen LogP contribution in [0.3, 0.4) is 0 Å². The van der Waals surface area contributed by atoms with Crippen LogP contribution in [0.5, 0.6) is 5.75 Å². The first-order chi connectivity index (χ1) is 9.69. The first-order valence-corrected chi connectivity index (χ1v) is 7.56. The lowest BCUT2D eigenvalue weighted by Gasteiger charge is -2.09. The molecule has 0 amide bonds. The van der Waals surface area contributed by atoms with E-state index < -0.39 is 0 Å². The summed E-state index contributed by atoms with van der Waals surface area (Å²) in [6.07, 6.45) is 1.88. The largest absolute Gasteiger partial charge is 0.497 e. The van der Waals surface area contributed by atoms with Gasteiger partial charge in [0.2, 0.25) is 0 Å². The predicted molar refractivity (Wildman–Crippen MR) is 81.8 cm³/mol. The average Bonchev–Trinajstić information content (AvgIpc) is 3.06. The molecule has 6 heteroatoms. The molecule has 0 saturated heterocycles. The first kappa shape index (κ1) is 13.4. The molecule has 1 aromatic carbocycles. The van der Waals surface area contributed by atoms with Crippen LogP contribution < -0.4 is 4.74 Å². The Morgan fingerprint density at radius 3 is 2.95 bits per heavy atom. The summed E-state index contributed by atoms with van der Waals surface area (Å²) in [5, 5.41) is -0.152.